The van der Waals surface area contributed by atoms with Crippen LogP contribution >= 0.6 is 38.5 Å². The third-order valence-corrected chi connectivity index (χ3v) is 7.06. The van der Waals surface area contributed by atoms with E-state index in [1.165, 1.54) is 6.42 Å². The molecule has 0 aromatic heterocycles. The predicted molar refractivity (Wildman–Crippen MR) is 142 cm³/mol. The van der Waals surface area contributed by atoms with Crippen molar-refractivity contribution in [2.75, 3.05) is 6.61 Å². The van der Waals surface area contributed by atoms with Crippen molar-refractivity contribution in [3.63, 3.8) is 0 Å². The number of carbonyl (C=O) groups excluding carboxylic acids is 1. The zero-order chi connectivity index (χ0) is 23.8. The Morgan fingerprint density at radius 2 is 1.97 bits per heavy atom. The largest absolute Gasteiger partial charge is 0.490 e. The molecule has 5 nitrogen and oxygen atoms in total. The lowest BCUT2D eigenvalue weighted by Crippen LogP contribution is -2.41. The number of nitriles is 1. The second-order valence-electron chi connectivity index (χ2n) is 8.19. The summed E-state index contributed by atoms with van der Waals surface area (Å²) in [7, 11) is 0. The lowest BCUT2D eigenvalue weighted by Gasteiger charge is -2.29. The maximum absolute atomic E-state index is 12.8. The molecule has 174 valence electrons. The minimum atomic E-state index is -0.320. The Morgan fingerprint density at radius 1 is 1.24 bits per heavy atom. The fourth-order valence-corrected chi connectivity index (χ4v) is 4.95. The van der Waals surface area contributed by atoms with Gasteiger partial charge in [0, 0.05) is 10.5 Å². The summed E-state index contributed by atoms with van der Waals surface area (Å²) >= 11 is 5.64. The normalized spacial score (nSPS) is 18.3. The van der Waals surface area contributed by atoms with Crippen molar-refractivity contribution in [1.82, 2.24) is 5.32 Å². The summed E-state index contributed by atoms with van der Waals surface area (Å²) in [4.78, 5) is 12.8. The molecule has 1 aliphatic carbocycles. The fraction of sp³-hybridized carbons (Fsp3) is 0.385. The van der Waals surface area contributed by atoms with E-state index < -0.39 is 0 Å². The highest BCUT2D eigenvalue weighted by Gasteiger charge is 2.24. The second-order valence-corrected chi connectivity index (χ2v) is 10.3. The van der Waals surface area contributed by atoms with E-state index in [1.807, 2.05) is 43.3 Å². The van der Waals surface area contributed by atoms with E-state index in [9.17, 15) is 10.1 Å². The summed E-state index contributed by atoms with van der Waals surface area (Å²) in [6, 6.07) is 13.8. The molecule has 33 heavy (non-hydrogen) atoms. The van der Waals surface area contributed by atoms with E-state index in [4.69, 9.17) is 9.47 Å². The van der Waals surface area contributed by atoms with Gasteiger partial charge in [-0.2, -0.15) is 5.26 Å². The van der Waals surface area contributed by atoms with E-state index in [-0.39, 0.29) is 17.5 Å². The number of halogens is 2. The first-order chi connectivity index (χ1) is 15.9. The topological polar surface area (TPSA) is 71.3 Å². The number of nitrogens with zero attached hydrogens (tertiary/aromatic N) is 1. The number of benzene rings is 2. The Balaban J connectivity index is 1.79. The summed E-state index contributed by atoms with van der Waals surface area (Å²) in [6.45, 7) is 4.95. The Labute approximate surface area is 217 Å². The van der Waals surface area contributed by atoms with Crippen LogP contribution in [-0.4, -0.2) is 18.6 Å². The first-order valence-electron chi connectivity index (χ1n) is 11.2. The molecule has 2 aromatic carbocycles. The van der Waals surface area contributed by atoms with Crippen LogP contribution in [0.5, 0.6) is 11.5 Å². The molecule has 2 aromatic rings. The second kappa shape index (κ2) is 12.4. The zero-order valence-electron chi connectivity index (χ0n) is 18.9. The average molecular weight is 623 g/mol. The van der Waals surface area contributed by atoms with Gasteiger partial charge in [0.25, 0.3) is 5.91 Å². The summed E-state index contributed by atoms with van der Waals surface area (Å²) in [5.74, 6) is 1.35. The maximum Gasteiger partial charge on any atom is 0.262 e. The van der Waals surface area contributed by atoms with Crippen LogP contribution in [0.3, 0.4) is 0 Å². The summed E-state index contributed by atoms with van der Waals surface area (Å²) < 4.78 is 13.8. The van der Waals surface area contributed by atoms with Crippen LogP contribution in [0.4, 0.5) is 0 Å². The highest BCUT2D eigenvalue weighted by molar-refractivity contribution is 14.1. The highest BCUT2D eigenvalue weighted by Crippen LogP contribution is 2.35. The van der Waals surface area contributed by atoms with Gasteiger partial charge in [-0.15, -0.1) is 0 Å². The summed E-state index contributed by atoms with van der Waals surface area (Å²) in [6.07, 6.45) is 5.99. The van der Waals surface area contributed by atoms with Crippen LogP contribution in [0.25, 0.3) is 6.08 Å². The van der Waals surface area contributed by atoms with Gasteiger partial charge in [-0.05, 0) is 89.7 Å². The Hall–Kier alpha value is -2.05. The number of rotatable bonds is 8. The van der Waals surface area contributed by atoms with Gasteiger partial charge in [0.05, 0.1) is 10.2 Å². The van der Waals surface area contributed by atoms with Crippen molar-refractivity contribution >= 4 is 50.5 Å². The summed E-state index contributed by atoms with van der Waals surface area (Å²) in [5, 5.41) is 12.7. The van der Waals surface area contributed by atoms with Gasteiger partial charge >= 0.3 is 0 Å². The van der Waals surface area contributed by atoms with E-state index >= 15 is 0 Å². The van der Waals surface area contributed by atoms with Crippen molar-refractivity contribution in [2.24, 2.45) is 5.92 Å². The molecule has 1 aliphatic rings. The highest BCUT2D eigenvalue weighted by atomic mass is 127. The number of nitrogens with one attached hydrogen (secondary N) is 1. The molecule has 0 heterocycles. The predicted octanol–water partition coefficient (Wildman–Crippen LogP) is 6.63. The van der Waals surface area contributed by atoms with E-state index in [0.717, 1.165) is 38.4 Å². The first-order valence-corrected chi connectivity index (χ1v) is 13.0. The smallest absolute Gasteiger partial charge is 0.262 e. The SMILES string of the molecule is CCOc1cc(/C=C(\C#N)C(=O)N[C@H]2CCCC[C@H]2C)cc(I)c1OCc1ccc(Br)cc1. The molecule has 0 bridgehead atoms. The fourth-order valence-electron chi connectivity index (χ4n) is 3.90. The van der Waals surface area contributed by atoms with E-state index in [2.05, 4.69) is 56.8 Å². The number of hydrogen-bond donors (Lipinski definition) is 1. The molecule has 0 spiro atoms. The molecule has 1 fully saturated rings. The van der Waals surface area contributed by atoms with Crippen LogP contribution in [-0.2, 0) is 11.4 Å². The standard InChI is InChI=1S/C26H28BrIN2O3/c1-3-32-24-14-19(12-20(15-29)26(31)30-23-7-5-4-6-17(23)2)13-22(28)25(24)33-16-18-8-10-21(27)11-9-18/h8-14,17,23H,3-7,16H2,1-2H3,(H,30,31)/b20-12+/t17-,23+/m1/s1. The van der Waals surface area contributed by atoms with E-state index in [0.29, 0.717) is 30.6 Å². The van der Waals surface area contributed by atoms with Crippen molar-refractivity contribution < 1.29 is 14.3 Å². The molecule has 0 unspecified atom stereocenters. The minimum Gasteiger partial charge on any atom is -0.490 e. The van der Waals surface area contributed by atoms with Crippen molar-refractivity contribution in [2.45, 2.75) is 52.2 Å². The lowest BCUT2D eigenvalue weighted by molar-refractivity contribution is -0.118. The van der Waals surface area contributed by atoms with Gasteiger partial charge < -0.3 is 14.8 Å². The van der Waals surface area contributed by atoms with Crippen molar-refractivity contribution in [3.05, 3.63) is 61.1 Å². The third kappa shape index (κ3) is 7.21. The maximum atomic E-state index is 12.8. The molecule has 0 radical (unpaired) electrons. The molecule has 0 saturated heterocycles. The molecule has 1 saturated carbocycles. The Bertz CT molecular complexity index is 1050. The molecular weight excluding hydrogens is 595 g/mol. The molecule has 0 aliphatic heterocycles. The van der Waals surface area contributed by atoms with Crippen LogP contribution in [0.2, 0.25) is 0 Å². The first kappa shape index (κ1) is 25.6. The van der Waals surface area contributed by atoms with Crippen LogP contribution in [0, 0.1) is 20.8 Å². The molecular formula is C26H28BrIN2O3. The average Bonchev–Trinajstić information content (AvgIpc) is 2.79. The quantitative estimate of drug-likeness (QED) is 0.204. The van der Waals surface area contributed by atoms with Crippen molar-refractivity contribution in [3.8, 4) is 17.6 Å². The van der Waals surface area contributed by atoms with Crippen molar-refractivity contribution in [1.29, 1.82) is 5.26 Å². The zero-order valence-corrected chi connectivity index (χ0v) is 22.6. The molecule has 3 rings (SSSR count). The summed E-state index contributed by atoms with van der Waals surface area (Å²) in [5.41, 5.74) is 1.86. The van der Waals surface area contributed by atoms with Gasteiger partial charge in [-0.25, -0.2) is 0 Å². The third-order valence-electron chi connectivity index (χ3n) is 5.73. The number of carbonyl (C=O) groups is 1. The van der Waals surface area contributed by atoms with Crippen LogP contribution in [0.1, 0.15) is 50.7 Å². The Kier molecular flexibility index (Phi) is 9.63. The Morgan fingerprint density at radius 3 is 2.64 bits per heavy atom. The van der Waals surface area contributed by atoms with Gasteiger partial charge in [-0.1, -0.05) is 47.8 Å². The monoisotopic (exact) mass is 622 g/mol. The van der Waals surface area contributed by atoms with Crippen LogP contribution in [0.15, 0.2) is 46.4 Å². The van der Waals surface area contributed by atoms with Gasteiger partial charge in [-0.3, -0.25) is 4.79 Å². The number of hydrogen-bond acceptors (Lipinski definition) is 4. The number of amides is 1. The van der Waals surface area contributed by atoms with E-state index in [1.54, 1.807) is 6.08 Å². The number of ether oxygens (including phenoxy) is 2. The van der Waals surface area contributed by atoms with Crippen LogP contribution < -0.4 is 14.8 Å². The van der Waals surface area contributed by atoms with Gasteiger partial charge in [0.2, 0.25) is 0 Å². The molecule has 1 N–H and O–H groups in total. The molecule has 2 atom stereocenters. The van der Waals surface area contributed by atoms with Gasteiger partial charge in [0.1, 0.15) is 18.2 Å². The lowest BCUT2D eigenvalue weighted by atomic mass is 9.86. The van der Waals surface area contributed by atoms with Gasteiger partial charge in [0.15, 0.2) is 11.5 Å². The molecule has 7 heteroatoms. The molecule has 1 amide bonds. The minimum absolute atomic E-state index is 0.0922.